The molecule has 4 heteroatoms. The van der Waals surface area contributed by atoms with E-state index in [1.165, 1.54) is 17.8 Å². The van der Waals surface area contributed by atoms with Gasteiger partial charge in [-0.2, -0.15) is 0 Å². The van der Waals surface area contributed by atoms with Gasteiger partial charge < -0.3 is 4.74 Å². The van der Waals surface area contributed by atoms with Gasteiger partial charge in [-0.3, -0.25) is 4.79 Å². The van der Waals surface area contributed by atoms with Crippen molar-refractivity contribution in [3.8, 4) is 0 Å². The molecule has 0 saturated carbocycles. The Morgan fingerprint density at radius 3 is 2.50 bits per heavy atom. The Kier molecular flexibility index (Phi) is 8.47. The molecule has 0 spiro atoms. The summed E-state index contributed by atoms with van der Waals surface area (Å²) in [5, 5.41) is 0.130. The van der Waals surface area contributed by atoms with Crippen LogP contribution in [0.2, 0.25) is 0 Å². The molecule has 0 saturated heterocycles. The van der Waals surface area contributed by atoms with Crippen LogP contribution in [0.5, 0.6) is 0 Å². The SMILES string of the molecule is C=CC(=O)OCCCCCCSC(=O)c1ccccc1. The van der Waals surface area contributed by atoms with Crippen molar-refractivity contribution in [2.24, 2.45) is 0 Å². The van der Waals surface area contributed by atoms with Gasteiger partial charge in [0.2, 0.25) is 5.12 Å². The lowest BCUT2D eigenvalue weighted by molar-refractivity contribution is -0.137. The number of carbonyl (C=O) groups is 2. The van der Waals surface area contributed by atoms with E-state index in [1.807, 2.05) is 30.3 Å². The Hall–Kier alpha value is -1.55. The monoisotopic (exact) mass is 292 g/mol. The van der Waals surface area contributed by atoms with Crippen LogP contribution in [0.4, 0.5) is 0 Å². The van der Waals surface area contributed by atoms with Crippen LogP contribution in [-0.4, -0.2) is 23.4 Å². The molecule has 0 aliphatic heterocycles. The Bertz CT molecular complexity index is 429. The molecule has 1 aromatic rings. The summed E-state index contributed by atoms with van der Waals surface area (Å²) in [4.78, 5) is 22.6. The molecule has 0 atom stereocenters. The zero-order chi connectivity index (χ0) is 14.6. The minimum Gasteiger partial charge on any atom is -0.463 e. The number of benzene rings is 1. The van der Waals surface area contributed by atoms with Crippen LogP contribution >= 0.6 is 11.8 Å². The van der Waals surface area contributed by atoms with Crippen molar-refractivity contribution >= 4 is 22.8 Å². The molecule has 0 radical (unpaired) electrons. The number of hydrogen-bond acceptors (Lipinski definition) is 4. The van der Waals surface area contributed by atoms with Crippen LogP contribution in [0.25, 0.3) is 0 Å². The van der Waals surface area contributed by atoms with Gasteiger partial charge in [0.1, 0.15) is 0 Å². The molecule has 0 aliphatic carbocycles. The van der Waals surface area contributed by atoms with Crippen LogP contribution in [0, 0.1) is 0 Å². The van der Waals surface area contributed by atoms with Gasteiger partial charge in [-0.1, -0.05) is 61.5 Å². The summed E-state index contributed by atoms with van der Waals surface area (Å²) in [6.07, 6.45) is 5.08. The molecule has 1 rings (SSSR count). The van der Waals surface area contributed by atoms with E-state index in [2.05, 4.69) is 6.58 Å². The van der Waals surface area contributed by atoms with E-state index in [1.54, 1.807) is 0 Å². The lowest BCUT2D eigenvalue weighted by atomic mass is 10.2. The highest BCUT2D eigenvalue weighted by Gasteiger charge is 2.04. The van der Waals surface area contributed by atoms with E-state index >= 15 is 0 Å². The molecule has 3 nitrogen and oxygen atoms in total. The first-order chi connectivity index (χ1) is 9.74. The average molecular weight is 292 g/mol. The third-order valence-electron chi connectivity index (χ3n) is 2.69. The van der Waals surface area contributed by atoms with Crippen molar-refractivity contribution in [2.75, 3.05) is 12.4 Å². The minimum absolute atomic E-state index is 0.130. The summed E-state index contributed by atoms with van der Waals surface area (Å²) in [5.74, 6) is 0.467. The molecule has 0 amide bonds. The van der Waals surface area contributed by atoms with Crippen molar-refractivity contribution in [3.63, 3.8) is 0 Å². The Morgan fingerprint density at radius 1 is 1.10 bits per heavy atom. The Labute approximate surface area is 124 Å². The molecular formula is C16H20O3S. The first kappa shape index (κ1) is 16.5. The molecule has 0 heterocycles. The molecule has 0 aromatic heterocycles. The summed E-state index contributed by atoms with van der Waals surface area (Å²) < 4.78 is 4.88. The van der Waals surface area contributed by atoms with E-state index in [-0.39, 0.29) is 11.1 Å². The van der Waals surface area contributed by atoms with Gasteiger partial charge in [-0.15, -0.1) is 0 Å². The molecule has 1 aromatic carbocycles. The highest BCUT2D eigenvalue weighted by molar-refractivity contribution is 8.14. The summed E-state index contributed by atoms with van der Waals surface area (Å²) in [6.45, 7) is 3.78. The first-order valence-electron chi connectivity index (χ1n) is 6.75. The number of rotatable bonds is 9. The van der Waals surface area contributed by atoms with E-state index in [0.29, 0.717) is 6.61 Å². The van der Waals surface area contributed by atoms with Gasteiger partial charge in [-0.05, 0) is 12.8 Å². The van der Waals surface area contributed by atoms with E-state index in [4.69, 9.17) is 4.74 Å². The molecule has 0 unspecified atom stereocenters. The second-order valence-corrected chi connectivity index (χ2v) is 5.36. The predicted molar refractivity (Wildman–Crippen MR) is 82.9 cm³/mol. The van der Waals surface area contributed by atoms with Crippen molar-refractivity contribution < 1.29 is 14.3 Å². The van der Waals surface area contributed by atoms with Crippen LogP contribution < -0.4 is 0 Å². The average Bonchev–Trinajstić information content (AvgIpc) is 2.50. The maximum Gasteiger partial charge on any atom is 0.330 e. The Morgan fingerprint density at radius 2 is 1.80 bits per heavy atom. The smallest absolute Gasteiger partial charge is 0.330 e. The van der Waals surface area contributed by atoms with Crippen molar-refractivity contribution in [2.45, 2.75) is 25.7 Å². The minimum atomic E-state index is -0.367. The van der Waals surface area contributed by atoms with Gasteiger partial charge in [0.15, 0.2) is 0 Å². The topological polar surface area (TPSA) is 43.4 Å². The number of ether oxygens (including phenoxy) is 1. The second-order valence-electron chi connectivity index (χ2n) is 4.29. The third kappa shape index (κ3) is 7.14. The van der Waals surface area contributed by atoms with Crippen LogP contribution in [-0.2, 0) is 9.53 Å². The normalized spacial score (nSPS) is 10.0. The van der Waals surface area contributed by atoms with E-state index in [9.17, 15) is 9.59 Å². The number of esters is 1. The maximum atomic E-state index is 11.8. The molecule has 0 bridgehead atoms. The van der Waals surface area contributed by atoms with Crippen molar-refractivity contribution in [3.05, 3.63) is 48.6 Å². The zero-order valence-corrected chi connectivity index (χ0v) is 12.4. The zero-order valence-electron chi connectivity index (χ0n) is 11.5. The van der Waals surface area contributed by atoms with Gasteiger partial charge in [0.25, 0.3) is 0 Å². The second kappa shape index (κ2) is 10.3. The predicted octanol–water partition coefficient (Wildman–Crippen LogP) is 3.85. The summed E-state index contributed by atoms with van der Waals surface area (Å²) in [5.41, 5.74) is 0.758. The van der Waals surface area contributed by atoms with Crippen LogP contribution in [0.3, 0.4) is 0 Å². The van der Waals surface area contributed by atoms with Crippen LogP contribution in [0.1, 0.15) is 36.0 Å². The maximum absolute atomic E-state index is 11.8. The quantitative estimate of drug-likeness (QED) is 0.394. The van der Waals surface area contributed by atoms with Crippen molar-refractivity contribution in [1.29, 1.82) is 0 Å². The fraction of sp³-hybridized carbons (Fsp3) is 0.375. The lowest BCUT2D eigenvalue weighted by Gasteiger charge is -2.03. The van der Waals surface area contributed by atoms with E-state index < -0.39 is 0 Å². The number of thioether (sulfide) groups is 1. The number of carbonyl (C=O) groups excluding carboxylic acids is 2. The third-order valence-corrected chi connectivity index (χ3v) is 3.68. The first-order valence-corrected chi connectivity index (χ1v) is 7.74. The van der Waals surface area contributed by atoms with Crippen LogP contribution in [0.15, 0.2) is 43.0 Å². The lowest BCUT2D eigenvalue weighted by Crippen LogP contribution is -2.01. The highest BCUT2D eigenvalue weighted by atomic mass is 32.2. The molecular weight excluding hydrogens is 272 g/mol. The number of hydrogen-bond donors (Lipinski definition) is 0. The fourth-order valence-corrected chi connectivity index (χ4v) is 2.45. The largest absolute Gasteiger partial charge is 0.463 e. The Balaban J connectivity index is 1.98. The molecule has 20 heavy (non-hydrogen) atoms. The number of unbranched alkanes of at least 4 members (excludes halogenated alkanes) is 3. The van der Waals surface area contributed by atoms with Crippen molar-refractivity contribution in [1.82, 2.24) is 0 Å². The summed E-state index contributed by atoms with van der Waals surface area (Å²) >= 11 is 1.36. The van der Waals surface area contributed by atoms with Gasteiger partial charge >= 0.3 is 5.97 Å². The summed E-state index contributed by atoms with van der Waals surface area (Å²) in [7, 11) is 0. The standard InChI is InChI=1S/C16H20O3S/c1-2-15(17)19-12-8-3-4-9-13-20-16(18)14-10-6-5-7-11-14/h2,5-7,10-11H,1,3-4,8-9,12-13H2. The van der Waals surface area contributed by atoms with Gasteiger partial charge in [-0.25, -0.2) is 4.79 Å². The molecule has 0 fully saturated rings. The van der Waals surface area contributed by atoms with E-state index in [0.717, 1.165) is 37.0 Å². The van der Waals surface area contributed by atoms with Gasteiger partial charge in [0.05, 0.1) is 6.61 Å². The molecule has 0 N–H and O–H groups in total. The fourth-order valence-electron chi connectivity index (χ4n) is 1.61. The summed E-state index contributed by atoms with van der Waals surface area (Å²) in [6, 6.07) is 9.32. The molecule has 108 valence electrons. The van der Waals surface area contributed by atoms with Gasteiger partial charge in [0, 0.05) is 17.4 Å². The highest BCUT2D eigenvalue weighted by Crippen LogP contribution is 2.14. The molecule has 0 aliphatic rings.